The summed E-state index contributed by atoms with van der Waals surface area (Å²) in [6.45, 7) is 7.36. The van der Waals surface area contributed by atoms with E-state index in [-0.39, 0.29) is 17.0 Å². The first-order valence-electron chi connectivity index (χ1n) is 7.13. The molecule has 2 heterocycles. The number of nitrogens with zero attached hydrogens (tertiary/aromatic N) is 1. The van der Waals surface area contributed by atoms with Gasteiger partial charge in [-0.1, -0.05) is 0 Å². The van der Waals surface area contributed by atoms with Crippen LogP contribution in [0.4, 0.5) is 0 Å². The molecule has 6 nitrogen and oxygen atoms in total. The molecule has 1 saturated heterocycles. The molecule has 2 rings (SSSR count). The summed E-state index contributed by atoms with van der Waals surface area (Å²) in [5, 5.41) is -0.341. The van der Waals surface area contributed by atoms with Crippen LogP contribution in [0.5, 0.6) is 0 Å². The molecule has 0 unspecified atom stereocenters. The van der Waals surface area contributed by atoms with Crippen LogP contribution >= 0.6 is 0 Å². The van der Waals surface area contributed by atoms with Gasteiger partial charge >= 0.3 is 5.97 Å². The quantitative estimate of drug-likeness (QED) is 0.843. The predicted molar refractivity (Wildman–Crippen MR) is 80.0 cm³/mol. The van der Waals surface area contributed by atoms with Crippen LogP contribution in [-0.4, -0.2) is 55.0 Å². The monoisotopic (exact) mass is 314 g/mol. The van der Waals surface area contributed by atoms with Crippen molar-refractivity contribution in [1.82, 2.24) is 9.88 Å². The zero-order chi connectivity index (χ0) is 15.6. The van der Waals surface area contributed by atoms with E-state index in [1.54, 1.807) is 19.9 Å². The van der Waals surface area contributed by atoms with Crippen molar-refractivity contribution >= 4 is 15.8 Å². The van der Waals surface area contributed by atoms with Crippen molar-refractivity contribution in [3.05, 3.63) is 23.0 Å². The van der Waals surface area contributed by atoms with Crippen LogP contribution in [0.1, 0.15) is 35.6 Å². The molecule has 7 heteroatoms. The van der Waals surface area contributed by atoms with Gasteiger partial charge in [0.05, 0.1) is 23.2 Å². The third-order valence-electron chi connectivity index (χ3n) is 3.78. The van der Waals surface area contributed by atoms with E-state index in [0.29, 0.717) is 31.8 Å². The zero-order valence-corrected chi connectivity index (χ0v) is 13.5. The zero-order valence-electron chi connectivity index (χ0n) is 12.7. The number of carbonyl (C=O) groups excluding carboxylic acids is 1. The van der Waals surface area contributed by atoms with Crippen molar-refractivity contribution in [3.8, 4) is 0 Å². The Morgan fingerprint density at radius 1 is 1.52 bits per heavy atom. The highest BCUT2D eigenvalue weighted by atomic mass is 32.2. The number of aromatic nitrogens is 1. The smallest absolute Gasteiger partial charge is 0.339 e. The maximum Gasteiger partial charge on any atom is 0.339 e. The lowest BCUT2D eigenvalue weighted by Gasteiger charge is -2.30. The normalized spacial score (nSPS) is 22.1. The van der Waals surface area contributed by atoms with Gasteiger partial charge in [0.15, 0.2) is 9.84 Å². The molecule has 1 aliphatic heterocycles. The fourth-order valence-corrected chi connectivity index (χ4v) is 3.90. The number of ether oxygens (including phenoxy) is 1. The molecule has 0 amide bonds. The Balaban J connectivity index is 2.04. The minimum atomic E-state index is -2.94. The summed E-state index contributed by atoms with van der Waals surface area (Å²) in [6, 6.07) is 1.79. The highest BCUT2D eigenvalue weighted by Gasteiger charge is 2.29. The van der Waals surface area contributed by atoms with Crippen molar-refractivity contribution in [2.75, 3.05) is 25.4 Å². The molecule has 1 fully saturated rings. The Morgan fingerprint density at radius 2 is 2.24 bits per heavy atom. The van der Waals surface area contributed by atoms with Gasteiger partial charge in [0.25, 0.3) is 0 Å². The number of rotatable bonds is 4. The maximum absolute atomic E-state index is 11.8. The number of aryl methyl sites for hydroxylation is 1. The maximum atomic E-state index is 11.8. The molecule has 21 heavy (non-hydrogen) atoms. The van der Waals surface area contributed by atoms with Crippen molar-refractivity contribution in [3.63, 3.8) is 0 Å². The first kappa shape index (κ1) is 16.0. The minimum absolute atomic E-state index is 0.193. The van der Waals surface area contributed by atoms with Gasteiger partial charge in [-0.3, -0.25) is 4.90 Å². The van der Waals surface area contributed by atoms with Gasteiger partial charge in [-0.05, 0) is 26.8 Å². The summed E-state index contributed by atoms with van der Waals surface area (Å²) in [4.78, 5) is 17.0. The SMILES string of the molecule is CCOC(=O)c1cc(CN2CCS(=O)(=O)[C@H](C)C2)[nH]c1C. The van der Waals surface area contributed by atoms with Gasteiger partial charge < -0.3 is 9.72 Å². The molecule has 1 atom stereocenters. The summed E-state index contributed by atoms with van der Waals surface area (Å²) >= 11 is 0. The van der Waals surface area contributed by atoms with E-state index in [0.717, 1.165) is 11.4 Å². The summed E-state index contributed by atoms with van der Waals surface area (Å²) in [6.07, 6.45) is 0. The second-order valence-electron chi connectivity index (χ2n) is 5.47. The number of sulfone groups is 1. The van der Waals surface area contributed by atoms with Crippen LogP contribution in [0, 0.1) is 6.92 Å². The van der Waals surface area contributed by atoms with Crippen LogP contribution in [0.25, 0.3) is 0 Å². The van der Waals surface area contributed by atoms with Crippen molar-refractivity contribution in [2.24, 2.45) is 0 Å². The number of nitrogens with one attached hydrogen (secondary N) is 1. The molecule has 0 saturated carbocycles. The molecule has 0 aromatic carbocycles. The largest absolute Gasteiger partial charge is 0.462 e. The summed E-state index contributed by atoms with van der Waals surface area (Å²) < 4.78 is 28.4. The van der Waals surface area contributed by atoms with Crippen LogP contribution in [0.15, 0.2) is 6.07 Å². The molecule has 0 radical (unpaired) electrons. The molecule has 1 aromatic rings. The number of H-pyrrole nitrogens is 1. The number of hydrogen-bond acceptors (Lipinski definition) is 5. The first-order valence-corrected chi connectivity index (χ1v) is 8.84. The lowest BCUT2D eigenvalue weighted by molar-refractivity contribution is 0.0525. The van der Waals surface area contributed by atoms with Crippen LogP contribution in [0.3, 0.4) is 0 Å². The van der Waals surface area contributed by atoms with Gasteiger partial charge in [0.1, 0.15) is 0 Å². The molecule has 1 N–H and O–H groups in total. The first-order chi connectivity index (χ1) is 9.83. The molecule has 0 spiro atoms. The Labute approximate surface area is 125 Å². The number of aromatic amines is 1. The predicted octanol–water partition coefficient (Wildman–Crippen LogP) is 1.12. The van der Waals surface area contributed by atoms with Crippen molar-refractivity contribution in [1.29, 1.82) is 0 Å². The van der Waals surface area contributed by atoms with Crippen molar-refractivity contribution < 1.29 is 17.9 Å². The molecular weight excluding hydrogens is 292 g/mol. The van der Waals surface area contributed by atoms with Crippen LogP contribution in [0.2, 0.25) is 0 Å². The van der Waals surface area contributed by atoms with Gasteiger partial charge in [-0.2, -0.15) is 0 Å². The lowest BCUT2D eigenvalue weighted by Crippen LogP contribution is -2.44. The Bertz CT molecular complexity index is 621. The number of hydrogen-bond donors (Lipinski definition) is 1. The standard InChI is InChI=1S/C14H22N2O4S/c1-4-20-14(17)13-7-12(15-11(13)3)9-16-5-6-21(18,19)10(2)8-16/h7,10,15H,4-6,8-9H2,1-3H3/t10-/m1/s1. The van der Waals surface area contributed by atoms with E-state index >= 15 is 0 Å². The van der Waals surface area contributed by atoms with E-state index in [1.165, 1.54) is 0 Å². The topological polar surface area (TPSA) is 79.5 Å². The second kappa shape index (κ2) is 6.19. The highest BCUT2D eigenvalue weighted by molar-refractivity contribution is 7.92. The van der Waals surface area contributed by atoms with Gasteiger partial charge in [-0.25, -0.2) is 13.2 Å². The third-order valence-corrected chi connectivity index (χ3v) is 5.91. The number of esters is 1. The average Bonchev–Trinajstić information content (AvgIpc) is 2.76. The molecule has 118 valence electrons. The Hall–Kier alpha value is -1.34. The molecular formula is C14H22N2O4S. The van der Waals surface area contributed by atoms with Crippen molar-refractivity contribution in [2.45, 2.75) is 32.6 Å². The lowest BCUT2D eigenvalue weighted by atomic mass is 10.2. The van der Waals surface area contributed by atoms with Gasteiger partial charge in [0.2, 0.25) is 0 Å². The average molecular weight is 314 g/mol. The van der Waals surface area contributed by atoms with E-state index in [9.17, 15) is 13.2 Å². The number of carbonyl (C=O) groups is 1. The highest BCUT2D eigenvalue weighted by Crippen LogP contribution is 2.17. The molecule has 1 aromatic heterocycles. The van der Waals surface area contributed by atoms with Gasteiger partial charge in [0, 0.05) is 31.0 Å². The fraction of sp³-hybridized carbons (Fsp3) is 0.643. The van der Waals surface area contributed by atoms with E-state index in [2.05, 4.69) is 9.88 Å². The van der Waals surface area contributed by atoms with Gasteiger partial charge in [-0.15, -0.1) is 0 Å². The van der Waals surface area contributed by atoms with Crippen LogP contribution < -0.4 is 0 Å². The Morgan fingerprint density at radius 3 is 2.86 bits per heavy atom. The summed E-state index contributed by atoms with van der Waals surface area (Å²) in [5.74, 6) is -0.134. The molecule has 0 aliphatic carbocycles. The summed E-state index contributed by atoms with van der Waals surface area (Å²) in [5.41, 5.74) is 2.23. The van der Waals surface area contributed by atoms with E-state index in [1.807, 2.05) is 6.92 Å². The fourth-order valence-electron chi connectivity index (χ4n) is 2.54. The van der Waals surface area contributed by atoms with Crippen LogP contribution in [-0.2, 0) is 21.1 Å². The third kappa shape index (κ3) is 3.65. The summed E-state index contributed by atoms with van der Waals surface area (Å²) in [7, 11) is -2.94. The molecule has 0 bridgehead atoms. The molecule has 1 aliphatic rings. The van der Waals surface area contributed by atoms with E-state index < -0.39 is 9.84 Å². The van der Waals surface area contributed by atoms with E-state index in [4.69, 9.17) is 4.74 Å². The minimum Gasteiger partial charge on any atom is -0.462 e. The second-order valence-corrected chi connectivity index (χ2v) is 8.01. The Kier molecular flexibility index (Phi) is 4.73.